The highest BCUT2D eigenvalue weighted by atomic mass is 14.5. The van der Waals surface area contributed by atoms with Crippen molar-refractivity contribution in [3.05, 3.63) is 11.1 Å². The topological polar surface area (TPSA) is 0 Å². The lowest BCUT2D eigenvalue weighted by atomic mass is 9.58. The van der Waals surface area contributed by atoms with Crippen molar-refractivity contribution in [2.45, 2.75) is 61.3 Å². The van der Waals surface area contributed by atoms with E-state index in [1.807, 2.05) is 0 Å². The van der Waals surface area contributed by atoms with Gasteiger partial charge in [0.1, 0.15) is 0 Å². The third kappa shape index (κ3) is 1.64. The molecule has 0 nitrogen and oxygen atoms in total. The summed E-state index contributed by atoms with van der Waals surface area (Å²) in [4.78, 5) is 0. The van der Waals surface area contributed by atoms with E-state index in [4.69, 9.17) is 0 Å². The molecule has 82 valence electrons. The molecular formula is C14H26. The zero-order valence-electron chi connectivity index (χ0n) is 11.0. The van der Waals surface area contributed by atoms with Gasteiger partial charge in [-0.25, -0.2) is 0 Å². The summed E-state index contributed by atoms with van der Waals surface area (Å²) in [6, 6.07) is 0. The normalized spacial score (nSPS) is 30.6. The Morgan fingerprint density at radius 3 is 2.00 bits per heavy atom. The van der Waals surface area contributed by atoms with Crippen molar-refractivity contribution in [3.8, 4) is 0 Å². The molecule has 0 saturated carbocycles. The molecule has 1 aliphatic rings. The summed E-state index contributed by atoms with van der Waals surface area (Å²) in [5, 5.41) is 0. The highest BCUT2D eigenvalue weighted by molar-refractivity contribution is 5.27. The van der Waals surface area contributed by atoms with Crippen LogP contribution in [0.25, 0.3) is 0 Å². The number of allylic oxidation sites excluding steroid dienone is 2. The number of hydrogen-bond donors (Lipinski definition) is 0. The molecule has 0 fully saturated rings. The second kappa shape index (κ2) is 3.40. The van der Waals surface area contributed by atoms with Crippen molar-refractivity contribution in [2.24, 2.45) is 16.7 Å². The molecular weight excluding hydrogens is 168 g/mol. The lowest BCUT2D eigenvalue weighted by Gasteiger charge is -2.47. The minimum absolute atomic E-state index is 0.411. The molecule has 0 aromatic carbocycles. The van der Waals surface area contributed by atoms with E-state index < -0.39 is 0 Å². The van der Waals surface area contributed by atoms with Crippen molar-refractivity contribution in [2.75, 3.05) is 0 Å². The maximum absolute atomic E-state index is 2.41. The van der Waals surface area contributed by atoms with Crippen LogP contribution < -0.4 is 0 Å². The van der Waals surface area contributed by atoms with E-state index in [1.54, 1.807) is 11.1 Å². The summed E-state index contributed by atoms with van der Waals surface area (Å²) >= 11 is 0. The van der Waals surface area contributed by atoms with Gasteiger partial charge in [-0.05, 0) is 37.0 Å². The van der Waals surface area contributed by atoms with Gasteiger partial charge in [-0.2, -0.15) is 0 Å². The Labute approximate surface area is 89.8 Å². The Hall–Kier alpha value is -0.260. The summed E-state index contributed by atoms with van der Waals surface area (Å²) in [5.74, 6) is 0.848. The molecule has 1 aliphatic carbocycles. The molecule has 1 rings (SSSR count). The molecule has 0 heteroatoms. The maximum Gasteiger partial charge on any atom is -0.0116 e. The molecule has 0 aromatic rings. The van der Waals surface area contributed by atoms with Crippen LogP contribution in [0.4, 0.5) is 0 Å². The Balaban J connectivity index is 3.19. The Morgan fingerprint density at radius 1 is 1.07 bits per heavy atom. The standard InChI is InChI=1S/C14H26/c1-8-12-9-13(4,5)10(2)11(3)14(12,6)7/h12H,8-9H2,1-7H3. The third-order valence-electron chi connectivity index (χ3n) is 4.81. The Morgan fingerprint density at radius 2 is 1.57 bits per heavy atom. The summed E-state index contributed by atoms with van der Waals surface area (Å²) < 4.78 is 0. The second-order valence-electron chi connectivity index (χ2n) is 6.16. The van der Waals surface area contributed by atoms with Crippen molar-refractivity contribution in [3.63, 3.8) is 0 Å². The number of hydrogen-bond acceptors (Lipinski definition) is 0. The molecule has 0 N–H and O–H groups in total. The van der Waals surface area contributed by atoms with Gasteiger partial charge in [0.25, 0.3) is 0 Å². The molecule has 0 aromatic heterocycles. The van der Waals surface area contributed by atoms with Gasteiger partial charge in [-0.3, -0.25) is 0 Å². The zero-order chi connectivity index (χ0) is 11.1. The summed E-state index contributed by atoms with van der Waals surface area (Å²) in [6.45, 7) is 16.6. The van der Waals surface area contributed by atoms with Crippen molar-refractivity contribution >= 4 is 0 Å². The lowest BCUT2D eigenvalue weighted by molar-refractivity contribution is 0.153. The summed E-state index contributed by atoms with van der Waals surface area (Å²) in [6.07, 6.45) is 2.65. The van der Waals surface area contributed by atoms with Crippen molar-refractivity contribution in [1.82, 2.24) is 0 Å². The largest absolute Gasteiger partial charge is 0.0682 e. The van der Waals surface area contributed by atoms with Gasteiger partial charge < -0.3 is 0 Å². The number of rotatable bonds is 1. The molecule has 0 amide bonds. The zero-order valence-corrected chi connectivity index (χ0v) is 11.0. The van der Waals surface area contributed by atoms with E-state index in [2.05, 4.69) is 48.5 Å². The van der Waals surface area contributed by atoms with Crippen LogP contribution in [-0.2, 0) is 0 Å². The minimum atomic E-state index is 0.411. The molecule has 1 unspecified atom stereocenters. The van der Waals surface area contributed by atoms with E-state index in [0.717, 1.165) is 5.92 Å². The van der Waals surface area contributed by atoms with E-state index in [0.29, 0.717) is 10.8 Å². The summed E-state index contributed by atoms with van der Waals surface area (Å²) in [7, 11) is 0. The predicted octanol–water partition coefficient (Wildman–Crippen LogP) is 4.81. The molecule has 0 aliphatic heterocycles. The highest BCUT2D eigenvalue weighted by Crippen LogP contribution is 2.52. The van der Waals surface area contributed by atoms with E-state index >= 15 is 0 Å². The lowest BCUT2D eigenvalue weighted by Crippen LogP contribution is -2.36. The first-order chi connectivity index (χ1) is 6.23. The third-order valence-corrected chi connectivity index (χ3v) is 4.81. The van der Waals surface area contributed by atoms with Gasteiger partial charge in [0, 0.05) is 0 Å². The predicted molar refractivity (Wildman–Crippen MR) is 64.3 cm³/mol. The minimum Gasteiger partial charge on any atom is -0.0682 e. The molecule has 0 spiro atoms. The van der Waals surface area contributed by atoms with Crippen LogP contribution >= 0.6 is 0 Å². The molecule has 1 atom stereocenters. The fourth-order valence-electron chi connectivity index (χ4n) is 2.98. The van der Waals surface area contributed by atoms with Crippen LogP contribution in [-0.4, -0.2) is 0 Å². The molecule has 0 bridgehead atoms. The molecule has 14 heavy (non-hydrogen) atoms. The Bertz CT molecular complexity index is 253. The first-order valence-electron chi connectivity index (χ1n) is 5.92. The van der Waals surface area contributed by atoms with Crippen molar-refractivity contribution < 1.29 is 0 Å². The summed E-state index contributed by atoms with van der Waals surface area (Å²) in [5.41, 5.74) is 4.07. The fourth-order valence-corrected chi connectivity index (χ4v) is 2.98. The highest BCUT2D eigenvalue weighted by Gasteiger charge is 2.41. The van der Waals surface area contributed by atoms with Crippen LogP contribution in [0, 0.1) is 16.7 Å². The fraction of sp³-hybridized carbons (Fsp3) is 0.857. The average Bonchev–Trinajstić information content (AvgIpc) is 2.09. The van der Waals surface area contributed by atoms with Gasteiger partial charge in [0.15, 0.2) is 0 Å². The van der Waals surface area contributed by atoms with E-state index in [9.17, 15) is 0 Å². The quantitative estimate of drug-likeness (QED) is 0.526. The van der Waals surface area contributed by atoms with Crippen LogP contribution in [0.2, 0.25) is 0 Å². The van der Waals surface area contributed by atoms with Crippen LogP contribution in [0.5, 0.6) is 0 Å². The second-order valence-corrected chi connectivity index (χ2v) is 6.16. The van der Waals surface area contributed by atoms with Crippen LogP contribution in [0.3, 0.4) is 0 Å². The smallest absolute Gasteiger partial charge is 0.0116 e. The van der Waals surface area contributed by atoms with Gasteiger partial charge in [0.2, 0.25) is 0 Å². The van der Waals surface area contributed by atoms with Gasteiger partial charge in [-0.1, -0.05) is 52.2 Å². The van der Waals surface area contributed by atoms with Crippen molar-refractivity contribution in [1.29, 1.82) is 0 Å². The van der Waals surface area contributed by atoms with Crippen LogP contribution in [0.1, 0.15) is 61.3 Å². The average molecular weight is 194 g/mol. The molecule has 0 radical (unpaired) electrons. The van der Waals surface area contributed by atoms with Gasteiger partial charge >= 0.3 is 0 Å². The van der Waals surface area contributed by atoms with Crippen LogP contribution in [0.15, 0.2) is 11.1 Å². The first kappa shape index (κ1) is 11.8. The van der Waals surface area contributed by atoms with E-state index in [-0.39, 0.29) is 0 Å². The van der Waals surface area contributed by atoms with Gasteiger partial charge in [-0.15, -0.1) is 0 Å². The maximum atomic E-state index is 2.41. The Kier molecular flexibility index (Phi) is 2.87. The molecule has 0 saturated heterocycles. The molecule has 0 heterocycles. The monoisotopic (exact) mass is 194 g/mol. The SMILES string of the molecule is CCC1CC(C)(C)C(C)=C(C)C1(C)C. The van der Waals surface area contributed by atoms with Gasteiger partial charge in [0.05, 0.1) is 0 Å². The first-order valence-corrected chi connectivity index (χ1v) is 5.92. The van der Waals surface area contributed by atoms with E-state index in [1.165, 1.54) is 12.8 Å².